The summed E-state index contributed by atoms with van der Waals surface area (Å²) >= 11 is 0. The zero-order valence-electron chi connectivity index (χ0n) is 14.5. The molecule has 0 N–H and O–H groups in total. The first-order valence-electron chi connectivity index (χ1n) is 7.97. The Morgan fingerprint density at radius 1 is 1.18 bits per heavy atom. The maximum absolute atomic E-state index is 12.7. The minimum Gasteiger partial charge on any atom is -0.465 e. The third-order valence-corrected chi connectivity index (χ3v) is 6.76. The predicted molar refractivity (Wildman–Crippen MR) is 86.5 cm³/mol. The van der Waals surface area contributed by atoms with Gasteiger partial charge in [0.15, 0.2) is 9.84 Å². The lowest BCUT2D eigenvalue weighted by Gasteiger charge is -2.28. The monoisotopic (exact) mass is 334 g/mol. The highest BCUT2D eigenvalue weighted by atomic mass is 32.2. The number of carbonyl (C=O) groups excluding carboxylic acids is 1. The van der Waals surface area contributed by atoms with Gasteiger partial charge in [-0.25, -0.2) is 8.42 Å². The maximum atomic E-state index is 12.7. The number of esters is 1. The molecule has 0 radical (unpaired) electrons. The second-order valence-corrected chi connectivity index (χ2v) is 10.3. The van der Waals surface area contributed by atoms with Gasteiger partial charge in [0.2, 0.25) is 0 Å². The molecule has 0 aliphatic carbocycles. The molecule has 0 spiro atoms. The van der Waals surface area contributed by atoms with E-state index >= 15 is 0 Å². The minimum absolute atomic E-state index is 0.131. The molecule has 130 valence electrons. The van der Waals surface area contributed by atoms with Crippen molar-refractivity contribution in [3.63, 3.8) is 0 Å². The van der Waals surface area contributed by atoms with Gasteiger partial charge in [-0.2, -0.15) is 0 Å². The Labute approximate surface area is 134 Å². The van der Waals surface area contributed by atoms with Crippen LogP contribution in [-0.2, 0) is 24.1 Å². The zero-order chi connectivity index (χ0) is 17.0. The van der Waals surface area contributed by atoms with Crippen LogP contribution in [0.1, 0.15) is 60.3 Å². The molecule has 1 heterocycles. The van der Waals surface area contributed by atoms with Gasteiger partial charge in [0.05, 0.1) is 28.6 Å². The van der Waals surface area contributed by atoms with Crippen LogP contribution < -0.4 is 0 Å². The summed E-state index contributed by atoms with van der Waals surface area (Å²) in [4.78, 5) is 11.9. The van der Waals surface area contributed by atoms with Crippen molar-refractivity contribution < 1.29 is 22.7 Å². The van der Waals surface area contributed by atoms with E-state index in [0.29, 0.717) is 26.1 Å². The van der Waals surface area contributed by atoms with Gasteiger partial charge in [0.1, 0.15) is 0 Å². The first-order chi connectivity index (χ1) is 9.95. The molecular formula is C16H30O5S. The lowest BCUT2D eigenvalue weighted by Crippen LogP contribution is -2.39. The number of hydrogen-bond acceptors (Lipinski definition) is 5. The van der Waals surface area contributed by atoms with Crippen molar-refractivity contribution in [1.29, 1.82) is 0 Å². The van der Waals surface area contributed by atoms with Gasteiger partial charge in [-0.05, 0) is 60.3 Å². The fraction of sp³-hybridized carbons (Fsp3) is 0.938. The normalized spacial score (nSPS) is 21.3. The molecule has 0 saturated carbocycles. The molecule has 5 nitrogen and oxygen atoms in total. The Balaban J connectivity index is 2.68. The molecule has 1 unspecified atom stereocenters. The lowest BCUT2D eigenvalue weighted by molar-refractivity contribution is -0.146. The maximum Gasteiger partial charge on any atom is 0.309 e. The number of ether oxygens (including phenoxy) is 2. The SMILES string of the molecule is CC(C)(C)OCCC(C)(C)S(=O)(=O)CC1CCCCOC1=O. The smallest absolute Gasteiger partial charge is 0.309 e. The van der Waals surface area contributed by atoms with Crippen molar-refractivity contribution in [3.8, 4) is 0 Å². The Kier molecular flexibility index (Phi) is 6.45. The summed E-state index contributed by atoms with van der Waals surface area (Å²) in [6, 6.07) is 0. The summed E-state index contributed by atoms with van der Waals surface area (Å²) in [7, 11) is -3.41. The predicted octanol–water partition coefficient (Wildman–Crippen LogP) is 2.73. The molecule has 0 aromatic carbocycles. The van der Waals surface area contributed by atoms with Crippen LogP contribution in [0.25, 0.3) is 0 Å². The van der Waals surface area contributed by atoms with E-state index in [1.54, 1.807) is 13.8 Å². The van der Waals surface area contributed by atoms with Gasteiger partial charge in [-0.15, -0.1) is 0 Å². The van der Waals surface area contributed by atoms with Gasteiger partial charge >= 0.3 is 5.97 Å². The van der Waals surface area contributed by atoms with Crippen molar-refractivity contribution in [2.45, 2.75) is 70.7 Å². The van der Waals surface area contributed by atoms with E-state index in [9.17, 15) is 13.2 Å². The summed E-state index contributed by atoms with van der Waals surface area (Å²) < 4.78 is 35.1. The van der Waals surface area contributed by atoms with E-state index in [1.807, 2.05) is 20.8 Å². The van der Waals surface area contributed by atoms with Crippen LogP contribution in [0.4, 0.5) is 0 Å². The molecule has 1 rings (SSSR count). The second-order valence-electron chi connectivity index (χ2n) is 7.61. The molecule has 0 aromatic rings. The number of sulfone groups is 1. The molecule has 0 aromatic heterocycles. The third kappa shape index (κ3) is 5.88. The summed E-state index contributed by atoms with van der Waals surface area (Å²) in [6.45, 7) is 10.0. The number of cyclic esters (lactones) is 1. The Morgan fingerprint density at radius 2 is 1.82 bits per heavy atom. The average Bonchev–Trinajstić information content (AvgIpc) is 2.52. The van der Waals surface area contributed by atoms with E-state index in [4.69, 9.17) is 9.47 Å². The molecule has 1 saturated heterocycles. The van der Waals surface area contributed by atoms with Crippen LogP contribution in [0, 0.1) is 5.92 Å². The fourth-order valence-corrected chi connectivity index (χ4v) is 3.98. The van der Waals surface area contributed by atoms with E-state index in [2.05, 4.69) is 0 Å². The van der Waals surface area contributed by atoms with Gasteiger partial charge in [-0.1, -0.05) is 0 Å². The first-order valence-corrected chi connectivity index (χ1v) is 9.63. The molecule has 1 aliphatic heterocycles. The van der Waals surface area contributed by atoms with E-state index in [1.165, 1.54) is 0 Å². The number of hydrogen-bond donors (Lipinski definition) is 0. The minimum atomic E-state index is -3.41. The highest BCUT2D eigenvalue weighted by molar-refractivity contribution is 7.92. The van der Waals surface area contributed by atoms with Crippen molar-refractivity contribution in [1.82, 2.24) is 0 Å². The average molecular weight is 334 g/mol. The van der Waals surface area contributed by atoms with Crippen LogP contribution in [0.15, 0.2) is 0 Å². The van der Waals surface area contributed by atoms with Crippen LogP contribution in [0.2, 0.25) is 0 Å². The second kappa shape index (κ2) is 7.30. The van der Waals surface area contributed by atoms with Crippen molar-refractivity contribution in [3.05, 3.63) is 0 Å². The van der Waals surface area contributed by atoms with Gasteiger partial charge in [0.25, 0.3) is 0 Å². The third-order valence-electron chi connectivity index (χ3n) is 4.03. The highest BCUT2D eigenvalue weighted by Gasteiger charge is 2.38. The van der Waals surface area contributed by atoms with Crippen molar-refractivity contribution in [2.24, 2.45) is 5.92 Å². The van der Waals surface area contributed by atoms with Gasteiger partial charge < -0.3 is 9.47 Å². The van der Waals surface area contributed by atoms with Gasteiger partial charge in [0, 0.05) is 6.61 Å². The van der Waals surface area contributed by atoms with E-state index in [-0.39, 0.29) is 17.3 Å². The molecule has 1 atom stereocenters. The van der Waals surface area contributed by atoms with E-state index in [0.717, 1.165) is 12.8 Å². The molecule has 6 heteroatoms. The highest BCUT2D eigenvalue weighted by Crippen LogP contribution is 2.27. The molecule has 1 fully saturated rings. The van der Waals surface area contributed by atoms with Gasteiger partial charge in [-0.3, -0.25) is 4.79 Å². The van der Waals surface area contributed by atoms with Crippen LogP contribution in [-0.4, -0.2) is 43.7 Å². The summed E-state index contributed by atoms with van der Waals surface area (Å²) in [5.41, 5.74) is -0.287. The topological polar surface area (TPSA) is 69.7 Å². The lowest BCUT2D eigenvalue weighted by atomic mass is 10.1. The fourth-order valence-electron chi connectivity index (χ4n) is 2.30. The summed E-state index contributed by atoms with van der Waals surface area (Å²) in [5, 5.41) is 0. The number of carbonyl (C=O) groups is 1. The summed E-state index contributed by atoms with van der Waals surface area (Å²) in [5.74, 6) is -1.04. The Morgan fingerprint density at radius 3 is 2.41 bits per heavy atom. The summed E-state index contributed by atoms with van der Waals surface area (Å²) in [6.07, 6.45) is 2.64. The van der Waals surface area contributed by atoms with Crippen LogP contribution in [0.5, 0.6) is 0 Å². The molecular weight excluding hydrogens is 304 g/mol. The number of rotatable bonds is 6. The van der Waals surface area contributed by atoms with Crippen molar-refractivity contribution >= 4 is 15.8 Å². The van der Waals surface area contributed by atoms with Crippen molar-refractivity contribution in [2.75, 3.05) is 19.0 Å². The van der Waals surface area contributed by atoms with E-state index < -0.39 is 20.5 Å². The Hall–Kier alpha value is -0.620. The molecule has 0 bridgehead atoms. The largest absolute Gasteiger partial charge is 0.465 e. The quantitative estimate of drug-likeness (QED) is 0.699. The molecule has 0 amide bonds. The van der Waals surface area contributed by atoms with Crippen LogP contribution >= 0.6 is 0 Å². The zero-order valence-corrected chi connectivity index (χ0v) is 15.3. The first kappa shape index (κ1) is 19.4. The standard InChI is InChI=1S/C16H30O5S/c1-15(2,3)21-11-9-16(4,5)22(18,19)12-13-8-6-7-10-20-14(13)17/h13H,6-12H2,1-5H3. The van der Waals surface area contributed by atoms with Crippen LogP contribution in [0.3, 0.4) is 0 Å². The molecule has 22 heavy (non-hydrogen) atoms. The Bertz CT molecular complexity index is 473. The molecule has 1 aliphatic rings.